The number of aryl methyl sites for hydroxylation is 1. The maximum absolute atomic E-state index is 13.2. The summed E-state index contributed by atoms with van der Waals surface area (Å²) >= 11 is 1.48. The van der Waals surface area contributed by atoms with Crippen molar-refractivity contribution in [3.63, 3.8) is 0 Å². The molecular weight excluding hydrogens is 360 g/mol. The summed E-state index contributed by atoms with van der Waals surface area (Å²) in [5.74, 6) is 0.927. The van der Waals surface area contributed by atoms with Crippen molar-refractivity contribution < 1.29 is 9.53 Å². The molecule has 1 aliphatic heterocycles. The third kappa shape index (κ3) is 3.80. The Bertz CT molecular complexity index is 810. The lowest BCUT2D eigenvalue weighted by Gasteiger charge is -2.31. The van der Waals surface area contributed by atoms with E-state index in [2.05, 4.69) is 15.3 Å². The van der Waals surface area contributed by atoms with Gasteiger partial charge in [-0.1, -0.05) is 19.3 Å². The number of ether oxygens (including phenoxy) is 1. The number of amides is 1. The maximum atomic E-state index is 13.2. The standard InChI is InChI=1S/C20H28N4O2S/c1-13-16-18(21-11-15-9-6-10-26-15)22-12-23-19(16)27-17(13)20(25)24(2)14-7-4-3-5-8-14/h12,14-15H,3-11H2,1-2H3,(H,21,22,23)/t15-/m1/s1. The monoisotopic (exact) mass is 388 g/mol. The molecule has 1 saturated heterocycles. The molecule has 0 unspecified atom stereocenters. The van der Waals surface area contributed by atoms with Gasteiger partial charge in [0.25, 0.3) is 5.91 Å². The Kier molecular flexibility index (Phi) is 5.59. The highest BCUT2D eigenvalue weighted by atomic mass is 32.1. The molecule has 0 bridgehead atoms. The molecule has 0 radical (unpaired) electrons. The van der Waals surface area contributed by atoms with Gasteiger partial charge in [-0.2, -0.15) is 0 Å². The third-order valence-corrected chi connectivity index (χ3v) is 7.07. The Hall–Kier alpha value is -1.73. The van der Waals surface area contributed by atoms with Crippen molar-refractivity contribution in [2.24, 2.45) is 0 Å². The summed E-state index contributed by atoms with van der Waals surface area (Å²) in [4.78, 5) is 25.6. The normalized spacial score (nSPS) is 20.9. The van der Waals surface area contributed by atoms with Gasteiger partial charge >= 0.3 is 0 Å². The van der Waals surface area contributed by atoms with Crippen LogP contribution in [0.25, 0.3) is 10.2 Å². The first kappa shape index (κ1) is 18.6. The molecule has 2 aromatic heterocycles. The largest absolute Gasteiger partial charge is 0.376 e. The smallest absolute Gasteiger partial charge is 0.264 e. The topological polar surface area (TPSA) is 67.4 Å². The van der Waals surface area contributed by atoms with E-state index in [0.717, 1.165) is 65.3 Å². The second-order valence-electron chi connectivity index (χ2n) is 7.68. The zero-order valence-corrected chi connectivity index (χ0v) is 17.0. The van der Waals surface area contributed by atoms with Gasteiger partial charge in [0.1, 0.15) is 17.0 Å². The van der Waals surface area contributed by atoms with E-state index in [4.69, 9.17) is 4.74 Å². The molecule has 1 atom stereocenters. The maximum Gasteiger partial charge on any atom is 0.264 e. The molecule has 2 aliphatic rings. The van der Waals surface area contributed by atoms with Gasteiger partial charge in [-0.3, -0.25) is 4.79 Å². The molecule has 7 heteroatoms. The van der Waals surface area contributed by atoms with Crippen molar-refractivity contribution in [3.8, 4) is 0 Å². The minimum Gasteiger partial charge on any atom is -0.376 e. The fourth-order valence-electron chi connectivity index (χ4n) is 4.22. The van der Waals surface area contributed by atoms with Crippen molar-refractivity contribution in [2.75, 3.05) is 25.5 Å². The van der Waals surface area contributed by atoms with Gasteiger partial charge in [-0.15, -0.1) is 11.3 Å². The van der Waals surface area contributed by atoms with Crippen LogP contribution in [0, 0.1) is 6.92 Å². The summed E-state index contributed by atoms with van der Waals surface area (Å²) in [5.41, 5.74) is 0.984. The van der Waals surface area contributed by atoms with Crippen LogP contribution in [0.4, 0.5) is 5.82 Å². The first-order chi connectivity index (χ1) is 13.1. The molecule has 1 aliphatic carbocycles. The van der Waals surface area contributed by atoms with Crippen LogP contribution in [0.15, 0.2) is 6.33 Å². The van der Waals surface area contributed by atoms with Crippen LogP contribution in [-0.4, -0.2) is 53.1 Å². The van der Waals surface area contributed by atoms with Gasteiger partial charge in [0.15, 0.2) is 0 Å². The number of nitrogens with zero attached hydrogens (tertiary/aromatic N) is 3. The molecule has 0 spiro atoms. The molecule has 2 fully saturated rings. The number of rotatable bonds is 5. The van der Waals surface area contributed by atoms with Crippen LogP contribution in [0.1, 0.15) is 60.2 Å². The Balaban J connectivity index is 1.57. The van der Waals surface area contributed by atoms with Crippen LogP contribution >= 0.6 is 11.3 Å². The number of nitrogens with one attached hydrogen (secondary N) is 1. The van der Waals surface area contributed by atoms with E-state index < -0.39 is 0 Å². The average Bonchev–Trinajstić information content (AvgIpc) is 3.34. The first-order valence-corrected chi connectivity index (χ1v) is 10.8. The van der Waals surface area contributed by atoms with Gasteiger partial charge in [0.05, 0.1) is 16.4 Å². The van der Waals surface area contributed by atoms with Crippen molar-refractivity contribution in [2.45, 2.75) is 64.0 Å². The predicted molar refractivity (Wildman–Crippen MR) is 109 cm³/mol. The molecule has 3 heterocycles. The number of carbonyl (C=O) groups excluding carboxylic acids is 1. The Labute approximate surface area is 164 Å². The number of anilines is 1. The van der Waals surface area contributed by atoms with E-state index in [1.807, 2.05) is 18.9 Å². The lowest BCUT2D eigenvalue weighted by Crippen LogP contribution is -2.38. The number of fused-ring (bicyclic) bond motifs is 1. The van der Waals surface area contributed by atoms with E-state index in [9.17, 15) is 4.79 Å². The highest BCUT2D eigenvalue weighted by Gasteiger charge is 2.27. The lowest BCUT2D eigenvalue weighted by atomic mass is 9.94. The SMILES string of the molecule is Cc1c(C(=O)N(C)C2CCCCC2)sc2ncnc(NC[C@H]3CCCO3)c12. The molecule has 1 N–H and O–H groups in total. The zero-order chi connectivity index (χ0) is 18.8. The minimum atomic E-state index is 0.118. The van der Waals surface area contributed by atoms with E-state index in [0.29, 0.717) is 6.04 Å². The van der Waals surface area contributed by atoms with E-state index in [-0.39, 0.29) is 12.0 Å². The Morgan fingerprint density at radius 2 is 2.07 bits per heavy atom. The van der Waals surface area contributed by atoms with Crippen LogP contribution < -0.4 is 5.32 Å². The highest BCUT2D eigenvalue weighted by Crippen LogP contribution is 2.35. The fraction of sp³-hybridized carbons (Fsp3) is 0.650. The third-order valence-electron chi connectivity index (χ3n) is 5.88. The molecule has 146 valence electrons. The second-order valence-corrected chi connectivity index (χ2v) is 8.68. The van der Waals surface area contributed by atoms with Gasteiger partial charge in [-0.05, 0) is 38.2 Å². The van der Waals surface area contributed by atoms with Crippen LogP contribution in [-0.2, 0) is 4.74 Å². The van der Waals surface area contributed by atoms with Crippen molar-refractivity contribution in [1.82, 2.24) is 14.9 Å². The summed E-state index contributed by atoms with van der Waals surface area (Å²) in [6.07, 6.45) is 9.97. The second kappa shape index (κ2) is 8.10. The predicted octanol–water partition coefficient (Wildman–Crippen LogP) is 4.00. The molecule has 6 nitrogen and oxygen atoms in total. The molecular formula is C20H28N4O2S. The number of hydrogen-bond acceptors (Lipinski definition) is 6. The number of thiophene rings is 1. The van der Waals surface area contributed by atoms with Gasteiger partial charge < -0.3 is 15.0 Å². The fourth-order valence-corrected chi connectivity index (χ4v) is 5.35. The van der Waals surface area contributed by atoms with Crippen molar-refractivity contribution >= 4 is 33.3 Å². The van der Waals surface area contributed by atoms with Crippen molar-refractivity contribution in [1.29, 1.82) is 0 Å². The average molecular weight is 389 g/mol. The summed E-state index contributed by atoms with van der Waals surface area (Å²) in [6, 6.07) is 0.360. The summed E-state index contributed by atoms with van der Waals surface area (Å²) < 4.78 is 5.69. The summed E-state index contributed by atoms with van der Waals surface area (Å²) in [7, 11) is 1.95. The van der Waals surface area contributed by atoms with Crippen LogP contribution in [0.3, 0.4) is 0 Å². The zero-order valence-electron chi connectivity index (χ0n) is 16.2. The molecule has 4 rings (SSSR count). The highest BCUT2D eigenvalue weighted by molar-refractivity contribution is 7.20. The quantitative estimate of drug-likeness (QED) is 0.839. The molecule has 1 amide bonds. The number of hydrogen-bond donors (Lipinski definition) is 1. The summed E-state index contributed by atoms with van der Waals surface area (Å²) in [5, 5.41) is 4.39. The van der Waals surface area contributed by atoms with Gasteiger partial charge in [0.2, 0.25) is 0 Å². The number of carbonyl (C=O) groups is 1. The van der Waals surface area contributed by atoms with E-state index in [1.165, 1.54) is 30.6 Å². The van der Waals surface area contributed by atoms with Crippen LogP contribution in [0.5, 0.6) is 0 Å². The Morgan fingerprint density at radius 1 is 1.26 bits per heavy atom. The van der Waals surface area contributed by atoms with Gasteiger partial charge in [0, 0.05) is 26.2 Å². The summed E-state index contributed by atoms with van der Waals surface area (Å²) in [6.45, 7) is 3.60. The molecule has 0 aromatic carbocycles. The Morgan fingerprint density at radius 3 is 2.81 bits per heavy atom. The van der Waals surface area contributed by atoms with Crippen molar-refractivity contribution in [3.05, 3.63) is 16.8 Å². The van der Waals surface area contributed by atoms with E-state index in [1.54, 1.807) is 6.33 Å². The minimum absolute atomic E-state index is 0.118. The van der Waals surface area contributed by atoms with E-state index >= 15 is 0 Å². The molecule has 27 heavy (non-hydrogen) atoms. The molecule has 1 saturated carbocycles. The number of aromatic nitrogens is 2. The van der Waals surface area contributed by atoms with Crippen LogP contribution in [0.2, 0.25) is 0 Å². The molecule has 2 aromatic rings. The first-order valence-electron chi connectivity index (χ1n) is 10.0. The van der Waals surface area contributed by atoms with Gasteiger partial charge in [-0.25, -0.2) is 9.97 Å². The lowest BCUT2D eigenvalue weighted by molar-refractivity contribution is 0.0700.